The third-order valence-electron chi connectivity index (χ3n) is 1.83. The number of carboxylic acid groups (broad SMARTS) is 1. The van der Waals surface area contributed by atoms with Crippen molar-refractivity contribution in [3.05, 3.63) is 27.7 Å². The van der Waals surface area contributed by atoms with E-state index >= 15 is 0 Å². The molecule has 0 radical (unpaired) electrons. The van der Waals surface area contributed by atoms with E-state index in [9.17, 15) is 13.6 Å². The number of rotatable bonds is 2. The summed E-state index contributed by atoms with van der Waals surface area (Å²) in [6.45, 7) is 0. The molecule has 0 saturated heterocycles. The van der Waals surface area contributed by atoms with Gasteiger partial charge in [-0.1, -0.05) is 0 Å². The summed E-state index contributed by atoms with van der Waals surface area (Å²) < 4.78 is 27.0. The summed E-state index contributed by atoms with van der Waals surface area (Å²) in [5.41, 5.74) is 13.9. The number of aromatic carboxylic acids is 1. The van der Waals surface area contributed by atoms with Crippen LogP contribution in [-0.2, 0) is 0 Å². The minimum absolute atomic E-state index is 0.113. The molecule has 102 valence electrons. The third-order valence-corrected chi connectivity index (χ3v) is 2.44. The van der Waals surface area contributed by atoms with Gasteiger partial charge in [0, 0.05) is 4.47 Å². The topological polar surface area (TPSA) is 140 Å². The summed E-state index contributed by atoms with van der Waals surface area (Å²) in [6.07, 6.45) is 0. The highest BCUT2D eigenvalue weighted by atomic mass is 79.9. The second kappa shape index (κ2) is 5.61. The largest absolute Gasteiger partial charge is 0.478 e. The second-order valence-corrected chi connectivity index (χ2v) is 4.05. The summed E-state index contributed by atoms with van der Waals surface area (Å²) in [6, 6.07) is 0.850. The molecule has 7 N–H and O–H groups in total. The molecule has 1 aromatic rings. The second-order valence-electron chi connectivity index (χ2n) is 3.19. The number of halogens is 3. The molecule has 0 atom stereocenters. The Hall–Kier alpha value is -2.23. The van der Waals surface area contributed by atoms with Crippen molar-refractivity contribution in [2.75, 3.05) is 0 Å². The van der Waals surface area contributed by atoms with Crippen molar-refractivity contribution in [1.29, 1.82) is 0 Å². The zero-order chi connectivity index (χ0) is 14.7. The van der Waals surface area contributed by atoms with Crippen molar-refractivity contribution in [2.45, 2.75) is 0 Å². The lowest BCUT2D eigenvalue weighted by Gasteiger charge is -2.05. The van der Waals surface area contributed by atoms with Crippen LogP contribution in [0, 0.1) is 11.6 Å². The molecule has 0 fully saturated rings. The molecule has 0 saturated carbocycles. The van der Waals surface area contributed by atoms with E-state index in [0.717, 1.165) is 6.07 Å². The Morgan fingerprint density at radius 1 is 1.26 bits per heavy atom. The fraction of sp³-hybridized carbons (Fsp3) is 0. The molecule has 1 rings (SSSR count). The number of benzene rings is 1. The highest BCUT2D eigenvalue weighted by Gasteiger charge is 2.21. The van der Waals surface area contributed by atoms with Crippen LogP contribution >= 0.6 is 15.9 Å². The zero-order valence-corrected chi connectivity index (χ0v) is 10.8. The number of guanidine groups is 2. The van der Waals surface area contributed by atoms with Crippen LogP contribution in [0.2, 0.25) is 0 Å². The lowest BCUT2D eigenvalue weighted by atomic mass is 10.2. The molecule has 0 aliphatic carbocycles. The van der Waals surface area contributed by atoms with Gasteiger partial charge >= 0.3 is 5.97 Å². The molecule has 0 bridgehead atoms. The van der Waals surface area contributed by atoms with E-state index in [1.54, 1.807) is 0 Å². The molecular weight excluding hydrogens is 328 g/mol. The molecule has 0 unspecified atom stereocenters. The molecule has 0 spiro atoms. The number of carboxylic acids is 1. The van der Waals surface area contributed by atoms with Gasteiger partial charge in [-0.3, -0.25) is 0 Å². The van der Waals surface area contributed by atoms with Crippen molar-refractivity contribution in [3.8, 4) is 0 Å². The lowest BCUT2D eigenvalue weighted by Crippen LogP contribution is -2.26. The van der Waals surface area contributed by atoms with Gasteiger partial charge in [0.05, 0.1) is 5.56 Å². The maximum Gasteiger partial charge on any atom is 0.338 e. The number of nitrogens with zero attached hydrogens (tertiary/aromatic N) is 2. The molecule has 1 aromatic carbocycles. The SMILES string of the molecule is NC(N)=NC(N)=Nc1c(Br)cc(C(=O)O)c(F)c1F. The first-order chi connectivity index (χ1) is 8.73. The Kier molecular flexibility index (Phi) is 4.38. The number of hydrogen-bond donors (Lipinski definition) is 4. The van der Waals surface area contributed by atoms with Crippen molar-refractivity contribution >= 4 is 39.5 Å². The van der Waals surface area contributed by atoms with Crippen LogP contribution < -0.4 is 17.2 Å². The van der Waals surface area contributed by atoms with Crippen LogP contribution in [0.25, 0.3) is 0 Å². The Labute approximate surface area is 113 Å². The van der Waals surface area contributed by atoms with Crippen molar-refractivity contribution in [2.24, 2.45) is 27.2 Å². The van der Waals surface area contributed by atoms with E-state index in [1.165, 1.54) is 0 Å². The van der Waals surface area contributed by atoms with Gasteiger partial charge in [-0.05, 0) is 22.0 Å². The highest BCUT2D eigenvalue weighted by Crippen LogP contribution is 2.32. The average Bonchev–Trinajstić information content (AvgIpc) is 2.28. The summed E-state index contributed by atoms with van der Waals surface area (Å²) in [5, 5.41) is 8.66. The van der Waals surface area contributed by atoms with Crippen LogP contribution in [0.3, 0.4) is 0 Å². The Morgan fingerprint density at radius 3 is 2.32 bits per heavy atom. The molecule has 19 heavy (non-hydrogen) atoms. The van der Waals surface area contributed by atoms with E-state index in [1.807, 2.05) is 0 Å². The summed E-state index contributed by atoms with van der Waals surface area (Å²) in [5.74, 6) is -5.60. The van der Waals surface area contributed by atoms with Gasteiger partial charge in [-0.25, -0.2) is 18.6 Å². The van der Waals surface area contributed by atoms with E-state index in [4.69, 9.17) is 22.3 Å². The van der Waals surface area contributed by atoms with E-state index < -0.39 is 40.8 Å². The van der Waals surface area contributed by atoms with Gasteiger partial charge in [0.15, 0.2) is 17.6 Å². The number of nitrogens with two attached hydrogens (primary N) is 3. The van der Waals surface area contributed by atoms with E-state index in [0.29, 0.717) is 0 Å². The average molecular weight is 336 g/mol. The molecule has 10 heteroatoms. The number of hydrogen-bond acceptors (Lipinski definition) is 2. The first-order valence-corrected chi connectivity index (χ1v) is 5.38. The fourth-order valence-corrected chi connectivity index (χ4v) is 1.61. The Balaban J connectivity index is 3.44. The normalized spacial score (nSPS) is 11.2. The van der Waals surface area contributed by atoms with Crippen molar-refractivity contribution < 1.29 is 18.7 Å². The fourth-order valence-electron chi connectivity index (χ4n) is 1.12. The van der Waals surface area contributed by atoms with Crippen LogP contribution in [0.15, 0.2) is 20.5 Å². The monoisotopic (exact) mass is 335 g/mol. The minimum Gasteiger partial charge on any atom is -0.478 e. The van der Waals surface area contributed by atoms with E-state index in [2.05, 4.69) is 25.9 Å². The standard InChI is InChI=1S/C9H8BrF2N5O2/c10-3-1-2(7(18)19)4(11)5(12)6(3)16-9(15)17-8(13)14/h1H,(H,18,19)(H6,13,14,15,16,17). The molecule has 0 aromatic heterocycles. The predicted octanol–water partition coefficient (Wildman–Crippen LogP) is 0.645. The van der Waals surface area contributed by atoms with Gasteiger partial charge in [0.2, 0.25) is 5.96 Å². The molecule has 0 aliphatic rings. The third kappa shape index (κ3) is 3.37. The first kappa shape index (κ1) is 14.8. The highest BCUT2D eigenvalue weighted by molar-refractivity contribution is 9.10. The van der Waals surface area contributed by atoms with Crippen LogP contribution in [0.5, 0.6) is 0 Å². The first-order valence-electron chi connectivity index (χ1n) is 4.58. The maximum absolute atomic E-state index is 13.6. The molecule has 7 nitrogen and oxygen atoms in total. The van der Waals surface area contributed by atoms with Crippen LogP contribution in [-0.4, -0.2) is 23.0 Å². The summed E-state index contributed by atoms with van der Waals surface area (Å²) in [4.78, 5) is 17.4. The number of carbonyl (C=O) groups is 1. The molecule has 0 heterocycles. The maximum atomic E-state index is 13.6. The van der Waals surface area contributed by atoms with Crippen LogP contribution in [0.4, 0.5) is 14.5 Å². The quantitative estimate of drug-likeness (QED) is 0.356. The van der Waals surface area contributed by atoms with Gasteiger partial charge in [0.1, 0.15) is 5.69 Å². The van der Waals surface area contributed by atoms with Gasteiger partial charge in [-0.15, -0.1) is 0 Å². The van der Waals surface area contributed by atoms with Gasteiger partial charge in [-0.2, -0.15) is 4.99 Å². The molecular formula is C9H8BrF2N5O2. The van der Waals surface area contributed by atoms with Gasteiger partial charge < -0.3 is 22.3 Å². The van der Waals surface area contributed by atoms with E-state index in [-0.39, 0.29) is 4.47 Å². The predicted molar refractivity (Wildman–Crippen MR) is 68.1 cm³/mol. The smallest absolute Gasteiger partial charge is 0.338 e. The van der Waals surface area contributed by atoms with Crippen LogP contribution in [0.1, 0.15) is 10.4 Å². The summed E-state index contributed by atoms with van der Waals surface area (Å²) >= 11 is 2.85. The van der Waals surface area contributed by atoms with Crippen molar-refractivity contribution in [1.82, 2.24) is 0 Å². The Morgan fingerprint density at radius 2 is 1.84 bits per heavy atom. The van der Waals surface area contributed by atoms with Crippen molar-refractivity contribution in [3.63, 3.8) is 0 Å². The van der Waals surface area contributed by atoms with Gasteiger partial charge in [0.25, 0.3) is 0 Å². The molecule has 0 amide bonds. The molecule has 0 aliphatic heterocycles. The summed E-state index contributed by atoms with van der Waals surface area (Å²) in [7, 11) is 0. The Bertz CT molecular complexity index is 599. The minimum atomic E-state index is -1.62. The zero-order valence-electron chi connectivity index (χ0n) is 9.19. The lowest BCUT2D eigenvalue weighted by molar-refractivity contribution is 0.0690. The number of aliphatic imine (C=N–C) groups is 2.